The van der Waals surface area contributed by atoms with Crippen molar-refractivity contribution in [2.24, 2.45) is 0 Å². The van der Waals surface area contributed by atoms with Crippen LogP contribution in [-0.2, 0) is 109 Å². The van der Waals surface area contributed by atoms with Crippen molar-refractivity contribution in [1.82, 2.24) is 0 Å². The van der Waals surface area contributed by atoms with Crippen molar-refractivity contribution in [3.05, 3.63) is 0 Å². The van der Waals surface area contributed by atoms with Crippen molar-refractivity contribution in [2.75, 3.05) is 0 Å². The molecule has 0 amide bonds. The van der Waals surface area contributed by atoms with Crippen molar-refractivity contribution in [1.29, 1.82) is 0 Å². The standard InChI is InChI=1S/4C6H8O7.3Fe.3K/c4*7-3(8)1-6(13,5(11)12)2-4(9)10;;;;;;/h4*13H,1-2H2,(H,7,8)(H,9,10)(H,11,12);;;;;;/q;;;;3*+3;3*+1/p-12. The van der Waals surface area contributed by atoms with E-state index < -0.39 is 145 Å². The smallest absolute Gasteiger partial charge is 0.550 e. The van der Waals surface area contributed by atoms with Crippen molar-refractivity contribution in [3.8, 4) is 0 Å². The molecule has 0 fully saturated rings. The summed E-state index contributed by atoms with van der Waals surface area (Å²) in [6, 6.07) is 0. The van der Waals surface area contributed by atoms with Crippen LogP contribution in [0.3, 0.4) is 0 Å². The Morgan fingerprint density at radius 3 is 0.362 bits per heavy atom. The molecule has 0 aromatic rings. The van der Waals surface area contributed by atoms with E-state index in [1.54, 1.807) is 0 Å². The molecule has 0 rings (SSSR count). The molecular weight excluding hydrogens is 1020 g/mol. The Labute approximate surface area is 481 Å². The van der Waals surface area contributed by atoms with Gasteiger partial charge in [-0.05, 0) is 0 Å². The number of carboxylic acid groups (broad SMARTS) is 12. The zero-order valence-electron chi connectivity index (χ0n) is 29.3. The molecule has 28 nitrogen and oxygen atoms in total. The Hall–Kier alpha value is -0.0525. The van der Waals surface area contributed by atoms with Crippen LogP contribution >= 0.6 is 0 Å². The van der Waals surface area contributed by atoms with Crippen LogP contribution in [0, 0.1) is 0 Å². The summed E-state index contributed by atoms with van der Waals surface area (Å²) in [6.07, 6.45) is -10.9. The average molecular weight is 1040 g/mol. The maximum atomic E-state index is 10.1. The molecule has 0 spiro atoms. The van der Waals surface area contributed by atoms with Crippen LogP contribution in [0.4, 0.5) is 0 Å². The van der Waals surface area contributed by atoms with E-state index in [-0.39, 0.29) is 205 Å². The maximum absolute atomic E-state index is 10.1. The maximum Gasteiger partial charge on any atom is 3.00 e. The normalized spacial score (nSPS) is 9.72. The third-order valence-corrected chi connectivity index (χ3v) is 5.01. The molecule has 0 bridgehead atoms. The first-order chi connectivity index (χ1) is 23.1. The first-order valence-electron chi connectivity index (χ1n) is 12.5. The van der Waals surface area contributed by atoms with Crippen molar-refractivity contribution < 1.29 is 345 Å². The topological polar surface area (TPSA) is 562 Å². The number of carboxylic acids is 12. The fourth-order valence-electron chi connectivity index (χ4n) is 2.74. The van der Waals surface area contributed by atoms with Gasteiger partial charge in [0.15, 0.2) is 0 Å². The van der Waals surface area contributed by atoms with Gasteiger partial charge >= 0.3 is 205 Å². The van der Waals surface area contributed by atoms with Crippen LogP contribution in [0.1, 0.15) is 51.4 Å². The van der Waals surface area contributed by atoms with Gasteiger partial charge in [0.05, 0.1) is 23.9 Å². The molecular formula is C24H20Fe3K3O28. The van der Waals surface area contributed by atoms with Gasteiger partial charge in [0.25, 0.3) is 0 Å². The number of carbonyl (C=O) groups is 12. The van der Waals surface area contributed by atoms with Crippen LogP contribution < -0.4 is 215 Å². The summed E-state index contributed by atoms with van der Waals surface area (Å²) in [5.41, 5.74) is -11.9. The minimum Gasteiger partial charge on any atom is -0.550 e. The van der Waals surface area contributed by atoms with E-state index in [1.165, 1.54) is 0 Å². The molecule has 3 radical (unpaired) electrons. The third-order valence-electron chi connectivity index (χ3n) is 5.01. The van der Waals surface area contributed by atoms with E-state index >= 15 is 0 Å². The second-order valence-corrected chi connectivity index (χ2v) is 9.67. The van der Waals surface area contributed by atoms with E-state index in [9.17, 15) is 119 Å². The fourth-order valence-corrected chi connectivity index (χ4v) is 2.74. The summed E-state index contributed by atoms with van der Waals surface area (Å²) in [6.45, 7) is 0. The van der Waals surface area contributed by atoms with Crippen LogP contribution in [-0.4, -0.2) is 114 Å². The predicted octanol–water partition coefficient (Wildman–Crippen LogP) is -30.0. The molecule has 0 unspecified atom stereocenters. The minimum atomic E-state index is -2.97. The van der Waals surface area contributed by atoms with Crippen molar-refractivity contribution >= 4 is 71.6 Å². The molecule has 0 aromatic heterocycles. The zero-order valence-corrected chi connectivity index (χ0v) is 42.0. The van der Waals surface area contributed by atoms with Crippen LogP contribution in [0.15, 0.2) is 0 Å². The number of aliphatic hydroxyl groups is 4. The molecule has 0 aliphatic heterocycles. The molecule has 34 heteroatoms. The molecule has 0 saturated heterocycles. The summed E-state index contributed by atoms with van der Waals surface area (Å²) in [7, 11) is 0. The number of rotatable bonds is 20. The second kappa shape index (κ2) is 38.6. The van der Waals surface area contributed by atoms with Gasteiger partial charge in [0.2, 0.25) is 0 Å². The van der Waals surface area contributed by atoms with Gasteiger partial charge in [-0.3, -0.25) is 0 Å². The Morgan fingerprint density at radius 2 is 0.328 bits per heavy atom. The van der Waals surface area contributed by atoms with Crippen LogP contribution in [0.5, 0.6) is 0 Å². The quantitative estimate of drug-likeness (QED) is 0.0823. The van der Waals surface area contributed by atoms with Gasteiger partial charge in [0, 0.05) is 99.1 Å². The Balaban J connectivity index is -0.0000000640. The first kappa shape index (κ1) is 81.7. The summed E-state index contributed by atoms with van der Waals surface area (Å²) < 4.78 is 0. The predicted molar refractivity (Wildman–Crippen MR) is 117 cm³/mol. The summed E-state index contributed by atoms with van der Waals surface area (Å²) in [5, 5.41) is 156. The van der Waals surface area contributed by atoms with E-state index in [2.05, 4.69) is 0 Å². The summed E-state index contributed by atoms with van der Waals surface area (Å²) in [5.74, 6) is -23.9. The number of carbonyl (C=O) groups excluding carboxylic acids is 12. The monoisotopic (exact) mass is 1040 g/mol. The zero-order chi connectivity index (χ0) is 42.6. The van der Waals surface area contributed by atoms with E-state index in [4.69, 9.17) is 20.4 Å². The molecule has 311 valence electrons. The molecule has 58 heavy (non-hydrogen) atoms. The Bertz CT molecular complexity index is 1150. The van der Waals surface area contributed by atoms with Gasteiger partial charge in [-0.15, -0.1) is 0 Å². The summed E-state index contributed by atoms with van der Waals surface area (Å²) >= 11 is 0. The van der Waals surface area contributed by atoms with E-state index in [0.717, 1.165) is 0 Å². The summed E-state index contributed by atoms with van der Waals surface area (Å²) in [4.78, 5) is 120. The molecule has 0 saturated carbocycles. The van der Waals surface area contributed by atoms with Crippen LogP contribution in [0.25, 0.3) is 0 Å². The minimum absolute atomic E-state index is 0. The van der Waals surface area contributed by atoms with Gasteiger partial charge in [-0.1, -0.05) is 0 Å². The Morgan fingerprint density at radius 1 is 0.259 bits per heavy atom. The number of hydrogen-bond acceptors (Lipinski definition) is 28. The molecule has 0 heterocycles. The molecule has 0 aliphatic rings. The molecule has 0 aliphatic carbocycles. The largest absolute Gasteiger partial charge is 3.00 e. The van der Waals surface area contributed by atoms with Crippen molar-refractivity contribution in [3.63, 3.8) is 0 Å². The number of aliphatic carboxylic acids is 12. The second-order valence-electron chi connectivity index (χ2n) is 9.67. The third kappa shape index (κ3) is 41.3. The SMILES string of the molecule is O=C([O-])CC(O)(CC(=O)[O-])C(=O)[O-].O=C([O-])CC(O)(CC(=O)[O-])C(=O)[O-].O=C([O-])CC(O)(CC(=O)[O-])C(=O)[O-].O=C([O-])CC(O)(CC(=O)[O-])C(=O)[O-].[Fe+3].[Fe+3].[Fe+3].[K+].[K+].[K+]. The molecule has 0 atom stereocenters. The number of hydrogen-bond donors (Lipinski definition) is 4. The fraction of sp³-hybridized carbons (Fsp3) is 0.500. The first-order valence-corrected chi connectivity index (χ1v) is 12.5. The van der Waals surface area contributed by atoms with Gasteiger partial charge in [-0.2, -0.15) is 0 Å². The molecule has 4 N–H and O–H groups in total. The Kier molecular flexibility index (Phi) is 54.4. The van der Waals surface area contributed by atoms with E-state index in [0.29, 0.717) is 0 Å². The van der Waals surface area contributed by atoms with Gasteiger partial charge in [0.1, 0.15) is 22.4 Å². The van der Waals surface area contributed by atoms with Crippen LogP contribution in [0.2, 0.25) is 0 Å². The van der Waals surface area contributed by atoms with Gasteiger partial charge in [-0.25, -0.2) is 0 Å². The molecule has 0 aromatic carbocycles. The van der Waals surface area contributed by atoms with E-state index in [1.807, 2.05) is 0 Å². The van der Waals surface area contributed by atoms with Crippen molar-refractivity contribution in [2.45, 2.75) is 73.8 Å². The average Bonchev–Trinajstić information content (AvgIpc) is 2.85. The van der Waals surface area contributed by atoms with Gasteiger partial charge < -0.3 is 139 Å².